The summed E-state index contributed by atoms with van der Waals surface area (Å²) in [6.07, 6.45) is 0. The van der Waals surface area contributed by atoms with Crippen LogP contribution in [0, 0.1) is 0 Å². The fourth-order valence-corrected chi connectivity index (χ4v) is 4.80. The lowest BCUT2D eigenvalue weighted by atomic mass is 10.1. The van der Waals surface area contributed by atoms with Crippen LogP contribution in [-0.2, 0) is 10.5 Å². The van der Waals surface area contributed by atoms with Crippen LogP contribution < -0.4 is 10.2 Å². The van der Waals surface area contributed by atoms with Gasteiger partial charge in [0.15, 0.2) is 5.16 Å². The van der Waals surface area contributed by atoms with Gasteiger partial charge in [0.05, 0.1) is 12.3 Å². The topological polar surface area (TPSA) is 70.6 Å². The van der Waals surface area contributed by atoms with Crippen LogP contribution in [0.3, 0.4) is 0 Å². The summed E-state index contributed by atoms with van der Waals surface area (Å²) < 4.78 is 5.01. The van der Waals surface area contributed by atoms with Gasteiger partial charge in [0, 0.05) is 62.8 Å². The number of aromatic nitrogens is 2. The van der Waals surface area contributed by atoms with Crippen LogP contribution in [0.25, 0.3) is 11.3 Å². The number of carbonyl (C=O) groups excluding carboxylic acids is 1. The molecule has 0 saturated carbocycles. The van der Waals surface area contributed by atoms with Crippen molar-refractivity contribution in [3.05, 3.63) is 71.8 Å². The molecule has 0 unspecified atom stereocenters. The maximum absolute atomic E-state index is 12.4. The SMILES string of the molecule is CCN1CCN(c2cc(-c3ccccc3)nc(SCc3cccc(C(=O)NCCOC)c3)n2)CC1. The third-order valence-corrected chi connectivity index (χ3v) is 6.97. The predicted molar refractivity (Wildman–Crippen MR) is 142 cm³/mol. The minimum Gasteiger partial charge on any atom is -0.383 e. The van der Waals surface area contributed by atoms with Gasteiger partial charge < -0.3 is 19.9 Å². The number of hydrogen-bond donors (Lipinski definition) is 1. The minimum absolute atomic E-state index is 0.0928. The van der Waals surface area contributed by atoms with E-state index in [1.54, 1.807) is 18.9 Å². The van der Waals surface area contributed by atoms with Gasteiger partial charge in [-0.05, 0) is 24.2 Å². The number of ether oxygens (including phenoxy) is 1. The molecule has 0 bridgehead atoms. The smallest absolute Gasteiger partial charge is 0.251 e. The molecular weight excluding hydrogens is 458 g/mol. The number of methoxy groups -OCH3 is 1. The van der Waals surface area contributed by atoms with E-state index in [0.29, 0.717) is 24.5 Å². The molecule has 8 heteroatoms. The number of carbonyl (C=O) groups is 1. The number of rotatable bonds is 10. The van der Waals surface area contributed by atoms with Crippen LogP contribution in [0.5, 0.6) is 0 Å². The Morgan fingerprint density at radius 1 is 1.03 bits per heavy atom. The first-order chi connectivity index (χ1) is 17.2. The molecule has 4 rings (SSSR count). The second-order valence-corrected chi connectivity index (χ2v) is 9.36. The Kier molecular flexibility index (Phi) is 9.11. The van der Waals surface area contributed by atoms with Gasteiger partial charge in [-0.15, -0.1) is 0 Å². The highest BCUT2D eigenvalue weighted by molar-refractivity contribution is 7.98. The number of nitrogens with one attached hydrogen (secondary N) is 1. The molecule has 2 heterocycles. The molecule has 2 aromatic carbocycles. The van der Waals surface area contributed by atoms with Gasteiger partial charge in [-0.25, -0.2) is 9.97 Å². The Morgan fingerprint density at radius 3 is 2.57 bits per heavy atom. The first-order valence-electron chi connectivity index (χ1n) is 12.1. The van der Waals surface area contributed by atoms with E-state index in [2.05, 4.69) is 40.2 Å². The molecular formula is C27H33N5O2S. The van der Waals surface area contributed by atoms with E-state index in [1.807, 2.05) is 42.5 Å². The van der Waals surface area contributed by atoms with Crippen molar-refractivity contribution >= 4 is 23.5 Å². The van der Waals surface area contributed by atoms with Crippen molar-refractivity contribution in [2.24, 2.45) is 0 Å². The Labute approximate surface area is 211 Å². The van der Waals surface area contributed by atoms with Crippen LogP contribution in [0.4, 0.5) is 5.82 Å². The predicted octanol–water partition coefficient (Wildman–Crippen LogP) is 3.95. The number of amides is 1. The van der Waals surface area contributed by atoms with Crippen molar-refractivity contribution in [3.63, 3.8) is 0 Å². The number of anilines is 1. The number of nitrogens with zero attached hydrogens (tertiary/aromatic N) is 4. The third kappa shape index (κ3) is 7.04. The molecule has 1 aliphatic heterocycles. The van der Waals surface area contributed by atoms with Crippen LogP contribution in [0.15, 0.2) is 65.8 Å². The van der Waals surface area contributed by atoms with Crippen LogP contribution in [-0.4, -0.2) is 73.8 Å². The molecule has 1 amide bonds. The van der Waals surface area contributed by atoms with Crippen molar-refractivity contribution in [1.29, 1.82) is 0 Å². The van der Waals surface area contributed by atoms with E-state index in [9.17, 15) is 4.79 Å². The molecule has 0 atom stereocenters. The highest BCUT2D eigenvalue weighted by Crippen LogP contribution is 2.28. The van der Waals surface area contributed by atoms with Crippen molar-refractivity contribution in [3.8, 4) is 11.3 Å². The Hall–Kier alpha value is -2.94. The summed E-state index contributed by atoms with van der Waals surface area (Å²) in [5, 5.41) is 3.62. The largest absolute Gasteiger partial charge is 0.383 e. The van der Waals surface area contributed by atoms with Gasteiger partial charge in [-0.3, -0.25) is 4.79 Å². The average molecular weight is 492 g/mol. The number of likely N-dealkylation sites (N-methyl/N-ethyl adjacent to an activating group) is 1. The van der Waals surface area contributed by atoms with Gasteiger partial charge in [0.2, 0.25) is 0 Å². The normalized spacial score (nSPS) is 14.2. The molecule has 1 aromatic heterocycles. The summed E-state index contributed by atoms with van der Waals surface area (Å²) in [6, 6.07) is 20.1. The molecule has 1 fully saturated rings. The molecule has 0 spiro atoms. The molecule has 1 aliphatic rings. The lowest BCUT2D eigenvalue weighted by Crippen LogP contribution is -2.46. The zero-order chi connectivity index (χ0) is 24.5. The average Bonchev–Trinajstić information content (AvgIpc) is 2.92. The molecule has 3 aromatic rings. The molecule has 0 radical (unpaired) electrons. The van der Waals surface area contributed by atoms with Crippen LogP contribution >= 0.6 is 11.8 Å². The molecule has 184 valence electrons. The Balaban J connectivity index is 1.51. The molecule has 0 aliphatic carbocycles. The lowest BCUT2D eigenvalue weighted by molar-refractivity contribution is 0.0937. The summed E-state index contributed by atoms with van der Waals surface area (Å²) in [5.41, 5.74) is 3.72. The summed E-state index contributed by atoms with van der Waals surface area (Å²) in [5.74, 6) is 1.56. The monoisotopic (exact) mass is 491 g/mol. The van der Waals surface area contributed by atoms with Gasteiger partial charge in [-0.1, -0.05) is 61.2 Å². The molecule has 1 saturated heterocycles. The highest BCUT2D eigenvalue weighted by Gasteiger charge is 2.19. The summed E-state index contributed by atoms with van der Waals surface area (Å²) in [4.78, 5) is 27.0. The summed E-state index contributed by atoms with van der Waals surface area (Å²) in [6.45, 7) is 8.28. The van der Waals surface area contributed by atoms with Gasteiger partial charge in [0.25, 0.3) is 5.91 Å². The highest BCUT2D eigenvalue weighted by atomic mass is 32.2. The molecule has 1 N–H and O–H groups in total. The van der Waals surface area contributed by atoms with E-state index >= 15 is 0 Å². The van der Waals surface area contributed by atoms with Gasteiger partial charge in [-0.2, -0.15) is 0 Å². The standard InChI is InChI=1S/C27H33N5O2S/c1-3-31-13-15-32(16-14-31)25-19-24(22-9-5-4-6-10-22)29-27(30-25)35-20-21-8-7-11-23(18-21)26(33)28-12-17-34-2/h4-11,18-19H,3,12-17,20H2,1-2H3,(H,28,33). The van der Waals surface area contributed by atoms with E-state index in [0.717, 1.165) is 60.5 Å². The van der Waals surface area contributed by atoms with E-state index in [-0.39, 0.29) is 5.91 Å². The van der Waals surface area contributed by atoms with Crippen LogP contribution in [0.2, 0.25) is 0 Å². The first kappa shape index (κ1) is 25.2. The summed E-state index contributed by atoms with van der Waals surface area (Å²) in [7, 11) is 1.62. The van der Waals surface area contributed by atoms with Crippen LogP contribution in [0.1, 0.15) is 22.8 Å². The second-order valence-electron chi connectivity index (χ2n) is 8.42. The maximum atomic E-state index is 12.4. The van der Waals surface area contributed by atoms with Gasteiger partial charge >= 0.3 is 0 Å². The number of hydrogen-bond acceptors (Lipinski definition) is 7. The van der Waals surface area contributed by atoms with Crippen molar-refractivity contribution in [1.82, 2.24) is 20.2 Å². The quantitative estimate of drug-likeness (QED) is 0.262. The Morgan fingerprint density at radius 2 is 1.83 bits per heavy atom. The van der Waals surface area contributed by atoms with Crippen molar-refractivity contribution < 1.29 is 9.53 Å². The van der Waals surface area contributed by atoms with Crippen molar-refractivity contribution in [2.75, 3.05) is 57.9 Å². The fourth-order valence-electron chi connectivity index (χ4n) is 4.01. The Bertz CT molecular complexity index is 1100. The molecule has 7 nitrogen and oxygen atoms in total. The fraction of sp³-hybridized carbons (Fsp3) is 0.370. The van der Waals surface area contributed by atoms with Crippen molar-refractivity contribution in [2.45, 2.75) is 17.8 Å². The lowest BCUT2D eigenvalue weighted by Gasteiger charge is -2.35. The number of thioether (sulfide) groups is 1. The van der Waals surface area contributed by atoms with Gasteiger partial charge in [0.1, 0.15) is 5.82 Å². The van der Waals surface area contributed by atoms with E-state index in [4.69, 9.17) is 14.7 Å². The maximum Gasteiger partial charge on any atom is 0.251 e. The van der Waals surface area contributed by atoms with E-state index in [1.165, 1.54) is 0 Å². The first-order valence-corrected chi connectivity index (χ1v) is 13.1. The number of benzene rings is 2. The molecule has 35 heavy (non-hydrogen) atoms. The van der Waals surface area contributed by atoms with E-state index < -0.39 is 0 Å². The zero-order valence-corrected chi connectivity index (χ0v) is 21.3. The summed E-state index contributed by atoms with van der Waals surface area (Å²) >= 11 is 1.60. The zero-order valence-electron chi connectivity index (χ0n) is 20.4. The second kappa shape index (κ2) is 12.7. The third-order valence-electron chi connectivity index (χ3n) is 6.05. The number of piperazine rings is 1. The minimum atomic E-state index is -0.0928.